The van der Waals surface area contributed by atoms with Gasteiger partial charge >= 0.3 is 32.8 Å². The predicted octanol–water partition coefficient (Wildman–Crippen LogP) is 22.2. The molecule has 7 aromatic carbocycles. The number of hydrogen-bond acceptors (Lipinski definition) is 34. The minimum Gasteiger partial charge on any atom is -0.496 e. The van der Waals surface area contributed by atoms with Crippen molar-refractivity contribution in [2.75, 3.05) is 90.6 Å². The van der Waals surface area contributed by atoms with E-state index >= 15 is 0 Å². The van der Waals surface area contributed by atoms with Crippen LogP contribution in [0.3, 0.4) is 0 Å². The number of thiazole rings is 2. The van der Waals surface area contributed by atoms with E-state index in [1.54, 1.807) is 124 Å². The van der Waals surface area contributed by atoms with Crippen LogP contribution in [0.25, 0.3) is 0 Å². The standard InChI is InChI=1S/C42H45F2N7O5S3.C29H32F4N4O5.C14H14F2N2O3.C12H11F3N2O3/c1-6-53-37-17-30(9-14-34(37)55-32-11-12-32)50(24-28-19-45-25-46-20-28)42(40-23-48-27(3)59-40,29-8-13-36(52-4)39(16-29)57-5)51(49-22-33-21-47-26-58-33)31-10-15-35(56-41(43)44)38(18-31)54-7-2;1-2-39-26-11-21(3-7-24(26)41-28(30)31)36(15-19-9-10-38-17-19)37(16-20-13-34-18-35-14-20)22-4-8-25(42-29(32)33)27(12-22)40-23-5-6-23;15-14(16)21-12-4-1-9(5-13(12)20-10-2-3-10)18-7-11-6-17-8-19-11;1-18-10-3-2-8(4-11(10)20-12(13,14)15)17-6-9-5-16-7-19-9/h8-10,13-21,23,25-26,32,41,49H,6-7,11-12,22,24H2,1-5H3;3-4,7-8,11-14,18-19,23,28-29H,2,5-6,9-10,15-17H2,1H3;1,4-6,8,10,14,18H,2-3,7H2;2-5,7,17H,6H2,1H3. The van der Waals surface area contributed by atoms with Crippen LogP contribution in [0.4, 0.5) is 82.4 Å². The Labute approximate surface area is 822 Å². The molecule has 3 N–H and O–H groups in total. The molecule has 4 aliphatic rings. The van der Waals surface area contributed by atoms with Gasteiger partial charge in [-0.05, 0) is 164 Å². The highest BCUT2D eigenvalue weighted by molar-refractivity contribution is 7.98. The fourth-order valence-corrected chi connectivity index (χ4v) is 16.8. The molecule has 0 radical (unpaired) electrons. The molecule has 31 nitrogen and oxygen atoms in total. The quantitative estimate of drug-likeness (QED) is 0.0138. The van der Waals surface area contributed by atoms with Crippen LogP contribution in [0, 0.1) is 12.8 Å². The first-order valence-electron chi connectivity index (χ1n) is 44.8. The van der Waals surface area contributed by atoms with E-state index in [0.717, 1.165) is 92.7 Å². The number of anilines is 6. The zero-order chi connectivity index (χ0) is 100. The Morgan fingerprint density at radius 1 is 0.472 bits per heavy atom. The highest BCUT2D eigenvalue weighted by Gasteiger charge is 2.50. The number of aromatic nitrogens is 8. The van der Waals surface area contributed by atoms with E-state index in [0.29, 0.717) is 96.7 Å². The molecule has 2 atom stereocenters. The molecule has 6 aromatic heterocycles. The van der Waals surface area contributed by atoms with Crippen molar-refractivity contribution in [3.8, 4) is 74.7 Å². The molecule has 142 heavy (non-hydrogen) atoms. The number of aryl methyl sites for hydroxylation is 1. The summed E-state index contributed by atoms with van der Waals surface area (Å²) in [6.45, 7) is -0.368. The second-order valence-electron chi connectivity index (χ2n) is 31.6. The van der Waals surface area contributed by atoms with Gasteiger partial charge in [-0.15, -0.1) is 47.6 Å². The van der Waals surface area contributed by atoms with Gasteiger partial charge in [0.25, 0.3) is 0 Å². The lowest BCUT2D eigenvalue weighted by Gasteiger charge is -2.52. The summed E-state index contributed by atoms with van der Waals surface area (Å²) in [4.78, 5) is 38.8. The Kier molecular flexibility index (Phi) is 36.9. The van der Waals surface area contributed by atoms with Crippen LogP contribution in [-0.4, -0.2) is 151 Å². The first kappa shape index (κ1) is 104. The van der Waals surface area contributed by atoms with E-state index in [1.807, 2.05) is 77.9 Å². The van der Waals surface area contributed by atoms with Gasteiger partial charge in [-0.3, -0.25) is 20.0 Å². The minimum atomic E-state index is -4.78. The van der Waals surface area contributed by atoms with Gasteiger partial charge in [-0.25, -0.2) is 40.3 Å². The lowest BCUT2D eigenvalue weighted by atomic mass is 9.92. The first-order chi connectivity index (χ1) is 68.8. The summed E-state index contributed by atoms with van der Waals surface area (Å²) in [5.74, 6) is 3.54. The van der Waals surface area contributed by atoms with Crippen molar-refractivity contribution >= 4 is 68.6 Å². The van der Waals surface area contributed by atoms with Crippen LogP contribution in [0.2, 0.25) is 0 Å². The molecule has 3 saturated carbocycles. The number of alkyl halides is 11. The molecule has 3 aliphatic carbocycles. The second kappa shape index (κ2) is 50.5. The molecule has 1 aliphatic heterocycles. The number of hydrogen-bond donors (Lipinski definition) is 3. The van der Waals surface area contributed by atoms with Crippen LogP contribution >= 0.6 is 34.4 Å². The van der Waals surface area contributed by atoms with Gasteiger partial charge in [0.05, 0.1) is 130 Å². The van der Waals surface area contributed by atoms with E-state index in [9.17, 15) is 48.3 Å². The molecule has 17 rings (SSSR count). The molecule has 4 fully saturated rings. The Bertz CT molecular complexity index is 6060. The molecule has 13 aromatic rings. The highest BCUT2D eigenvalue weighted by atomic mass is 32.2. The third-order valence-electron chi connectivity index (χ3n) is 21.3. The van der Waals surface area contributed by atoms with E-state index in [1.165, 1.54) is 97.8 Å². The smallest absolute Gasteiger partial charge is 0.496 e. The van der Waals surface area contributed by atoms with Crippen molar-refractivity contribution in [1.82, 2.24) is 45.3 Å². The zero-order valence-corrected chi connectivity index (χ0v) is 80.2. The average molecular weight is 2040 g/mol. The fourth-order valence-electron chi connectivity index (χ4n) is 14.7. The number of thioether (sulfide) groups is 1. The summed E-state index contributed by atoms with van der Waals surface area (Å²) < 4.78 is 227. The first-order valence-corrected chi connectivity index (χ1v) is 47.8. The third-order valence-corrected chi connectivity index (χ3v) is 23.9. The van der Waals surface area contributed by atoms with E-state index < -0.39 is 44.2 Å². The predicted molar refractivity (Wildman–Crippen MR) is 507 cm³/mol. The number of halogens is 11. The zero-order valence-electron chi connectivity index (χ0n) is 77.8. The summed E-state index contributed by atoms with van der Waals surface area (Å²) in [6.07, 6.45) is 23.0. The lowest BCUT2D eigenvalue weighted by Crippen LogP contribution is -2.63. The summed E-state index contributed by atoms with van der Waals surface area (Å²) in [5, 5.41) is 12.8. The maximum atomic E-state index is 13.8. The maximum Gasteiger partial charge on any atom is 0.573 e. The average Bonchev–Trinajstić information content (AvgIpc) is 1.17. The largest absolute Gasteiger partial charge is 0.573 e. The Morgan fingerprint density at radius 3 is 1.43 bits per heavy atom. The number of nitrogens with zero attached hydrogens (tertiary/aromatic N) is 12. The maximum absolute atomic E-state index is 13.8. The molecule has 45 heteroatoms. The fraction of sp³-hybridized carbons (Fsp3) is 0.361. The van der Waals surface area contributed by atoms with Crippen molar-refractivity contribution in [3.63, 3.8) is 0 Å². The van der Waals surface area contributed by atoms with Gasteiger partial charge < -0.3 is 90.7 Å². The normalized spacial score (nSPS) is 14.2. The summed E-state index contributed by atoms with van der Waals surface area (Å²) in [7, 11) is 2.91. The van der Waals surface area contributed by atoms with E-state index in [4.69, 9.17) is 70.7 Å². The number of benzene rings is 7. The number of methoxy groups -OCH3 is 2. The molecule has 0 bridgehead atoms. The van der Waals surface area contributed by atoms with Crippen molar-refractivity contribution in [1.29, 1.82) is 0 Å². The Balaban J connectivity index is 0.000000166. The number of hydrazine groups is 2. The van der Waals surface area contributed by atoms with Crippen LogP contribution in [-0.2, 0) is 43.1 Å². The summed E-state index contributed by atoms with van der Waals surface area (Å²) >= 11 is 4.59. The molecule has 7 heterocycles. The van der Waals surface area contributed by atoms with Gasteiger partial charge in [0.1, 0.15) is 29.9 Å². The van der Waals surface area contributed by atoms with E-state index in [2.05, 4.69) is 71.4 Å². The van der Waals surface area contributed by atoms with Crippen molar-refractivity contribution in [2.24, 2.45) is 5.92 Å². The summed E-state index contributed by atoms with van der Waals surface area (Å²) in [5.41, 5.74) is 10.4. The van der Waals surface area contributed by atoms with Gasteiger partial charge in [-0.2, -0.15) is 35.1 Å². The lowest BCUT2D eigenvalue weighted by molar-refractivity contribution is -0.275. The molecule has 2 unspecified atom stereocenters. The Hall–Kier alpha value is -13.9. The minimum absolute atomic E-state index is 0.00691. The monoisotopic (exact) mass is 2040 g/mol. The molecule has 0 spiro atoms. The molecular formula is C97H102F11N15O16S3. The van der Waals surface area contributed by atoms with Crippen molar-refractivity contribution in [2.45, 2.75) is 167 Å². The second-order valence-corrected chi connectivity index (χ2v) is 34.6. The molecule has 756 valence electrons. The third kappa shape index (κ3) is 29.6. The summed E-state index contributed by atoms with van der Waals surface area (Å²) in [6, 6.07) is 35.5. The Morgan fingerprint density at radius 2 is 0.944 bits per heavy atom. The van der Waals surface area contributed by atoms with Crippen LogP contribution in [0.1, 0.15) is 109 Å². The van der Waals surface area contributed by atoms with Crippen molar-refractivity contribution < 1.29 is 123 Å². The number of oxazole rings is 2. The van der Waals surface area contributed by atoms with Gasteiger partial charge in [0.2, 0.25) is 0 Å². The van der Waals surface area contributed by atoms with Gasteiger partial charge in [-0.1, -0.05) is 6.07 Å². The SMILES string of the molecule is CCOc1cc(N(CC2CCOC2)N(Cc2cncnc2)c2ccc(OC(F)F)c(OC3CC3)c2)ccc1OC(F)F.CCOc1cc(N(NCc2cncs2)C(c2ccc(OC)c(SC)c2)(c2cnc(C)s2)N(Cc2cncnc2)c2ccc(OC3CC3)c(OCC)c2)ccc1OC(F)F.COc1ccc(NCc2cnco2)cc1OC(F)(F)F.FC(F)Oc1ccc(NCc2cnco2)cc1OC1CC1. The molecular weight excluding hydrogens is 1940 g/mol. The number of rotatable bonds is 48. The van der Waals surface area contributed by atoms with Gasteiger partial charge in [0, 0.05) is 143 Å². The van der Waals surface area contributed by atoms with E-state index in [-0.39, 0.29) is 103 Å². The van der Waals surface area contributed by atoms with Crippen LogP contribution in [0.5, 0.6) is 74.7 Å². The highest BCUT2D eigenvalue weighted by Crippen LogP contribution is 2.52. The van der Waals surface area contributed by atoms with Crippen LogP contribution < -0.4 is 97.6 Å². The molecule has 0 amide bonds. The topological polar surface area (TPSA) is 308 Å². The van der Waals surface area contributed by atoms with Crippen molar-refractivity contribution in [3.05, 3.63) is 251 Å². The number of nitrogens with one attached hydrogen (secondary N) is 3. The number of ether oxygens (including phenoxy) is 14. The molecule has 1 saturated heterocycles. The van der Waals surface area contributed by atoms with Gasteiger partial charge in [0.15, 0.2) is 87.4 Å². The van der Waals surface area contributed by atoms with Crippen LogP contribution in [0.15, 0.2) is 222 Å².